The molecule has 0 atom stereocenters. The van der Waals surface area contributed by atoms with Crippen molar-refractivity contribution < 1.29 is 19.1 Å². The number of hydrogen-bond acceptors (Lipinski definition) is 6. The van der Waals surface area contributed by atoms with Gasteiger partial charge in [0.2, 0.25) is 5.91 Å². The third kappa shape index (κ3) is 4.20. The van der Waals surface area contributed by atoms with E-state index < -0.39 is 11.4 Å². The molecule has 0 saturated carbocycles. The highest BCUT2D eigenvalue weighted by Crippen LogP contribution is 2.34. The lowest BCUT2D eigenvalue weighted by molar-refractivity contribution is -0.120. The number of nitrogens with zero attached hydrogens (tertiary/aromatic N) is 2. The maximum absolute atomic E-state index is 14.0. The number of aromatic carboxylic acids is 1. The predicted molar refractivity (Wildman–Crippen MR) is 112 cm³/mol. The molecule has 0 fully saturated rings. The van der Waals surface area contributed by atoms with Crippen LogP contribution in [0.3, 0.4) is 0 Å². The molecule has 3 aromatic rings. The van der Waals surface area contributed by atoms with Gasteiger partial charge in [0.1, 0.15) is 10.8 Å². The summed E-state index contributed by atoms with van der Waals surface area (Å²) in [6, 6.07) is 6.34. The third-order valence-corrected chi connectivity index (χ3v) is 6.56. The van der Waals surface area contributed by atoms with Gasteiger partial charge in [-0.25, -0.2) is 19.2 Å². The maximum atomic E-state index is 14.0. The number of amides is 1. The van der Waals surface area contributed by atoms with Gasteiger partial charge in [-0.05, 0) is 31.9 Å². The molecule has 3 rings (SSSR count). The molecule has 152 valence electrons. The molecule has 0 spiro atoms. The average molecular weight is 434 g/mol. The number of carbonyl (C=O) groups is 2. The summed E-state index contributed by atoms with van der Waals surface area (Å²) in [6.45, 7) is 7.15. The Balaban J connectivity index is 1.85. The molecule has 29 heavy (non-hydrogen) atoms. The Morgan fingerprint density at radius 3 is 2.48 bits per heavy atom. The van der Waals surface area contributed by atoms with E-state index in [0.717, 1.165) is 11.3 Å². The Kier molecular flexibility index (Phi) is 5.81. The lowest BCUT2D eigenvalue weighted by Gasteiger charge is -2.20. The van der Waals surface area contributed by atoms with Crippen molar-refractivity contribution in [1.29, 1.82) is 0 Å². The fourth-order valence-corrected chi connectivity index (χ4v) is 4.59. The van der Waals surface area contributed by atoms with Crippen molar-refractivity contribution in [2.24, 2.45) is 0 Å². The van der Waals surface area contributed by atoms with Crippen molar-refractivity contribution in [3.8, 4) is 10.6 Å². The van der Waals surface area contributed by atoms with Gasteiger partial charge in [0.15, 0.2) is 10.8 Å². The number of benzene rings is 1. The van der Waals surface area contributed by atoms with Crippen molar-refractivity contribution in [3.05, 3.63) is 51.7 Å². The molecule has 0 aliphatic carbocycles. The Bertz CT molecular complexity index is 1070. The second-order valence-electron chi connectivity index (χ2n) is 7.29. The van der Waals surface area contributed by atoms with Crippen molar-refractivity contribution in [1.82, 2.24) is 9.97 Å². The van der Waals surface area contributed by atoms with Gasteiger partial charge in [0, 0.05) is 15.8 Å². The minimum Gasteiger partial charge on any atom is -0.476 e. The van der Waals surface area contributed by atoms with Gasteiger partial charge in [-0.3, -0.25) is 4.79 Å². The van der Waals surface area contributed by atoms with E-state index in [1.807, 2.05) is 13.8 Å². The number of carboxylic acids is 1. The highest BCUT2D eigenvalue weighted by Gasteiger charge is 2.34. The van der Waals surface area contributed by atoms with Crippen LogP contribution in [0, 0.1) is 5.82 Å². The summed E-state index contributed by atoms with van der Waals surface area (Å²) in [5.41, 5.74) is -0.189. The number of nitrogens with one attached hydrogen (secondary N) is 1. The molecule has 1 aromatic carbocycles. The van der Waals surface area contributed by atoms with Crippen molar-refractivity contribution >= 4 is 39.7 Å². The molecular formula is C20H20FN3O3S2. The molecule has 0 aliphatic heterocycles. The van der Waals surface area contributed by atoms with Crippen molar-refractivity contribution in [3.63, 3.8) is 0 Å². The van der Waals surface area contributed by atoms with Gasteiger partial charge in [-0.15, -0.1) is 22.7 Å². The first-order chi connectivity index (χ1) is 13.6. The maximum Gasteiger partial charge on any atom is 0.355 e. The molecular weight excluding hydrogens is 413 g/mol. The predicted octanol–water partition coefficient (Wildman–Crippen LogP) is 5.14. The van der Waals surface area contributed by atoms with Crippen LogP contribution in [0.1, 0.15) is 54.7 Å². The summed E-state index contributed by atoms with van der Waals surface area (Å²) in [4.78, 5) is 33.4. The fourth-order valence-electron chi connectivity index (χ4n) is 2.62. The lowest BCUT2D eigenvalue weighted by atomic mass is 9.89. The SMILES string of the molecule is CC(C)c1sc(NC(=O)C(C)(C)c2csc(-c3ccccc3F)n2)nc1C(=O)O. The van der Waals surface area contributed by atoms with Crippen LogP contribution in [0.2, 0.25) is 0 Å². The van der Waals surface area contributed by atoms with Crippen molar-refractivity contribution in [2.45, 2.75) is 39.0 Å². The molecule has 0 radical (unpaired) electrons. The number of thiazole rings is 2. The van der Waals surface area contributed by atoms with Gasteiger partial charge in [-0.2, -0.15) is 0 Å². The normalized spacial score (nSPS) is 11.7. The van der Waals surface area contributed by atoms with Gasteiger partial charge in [-0.1, -0.05) is 26.0 Å². The van der Waals surface area contributed by atoms with Gasteiger partial charge in [0.05, 0.1) is 11.1 Å². The van der Waals surface area contributed by atoms with Gasteiger partial charge >= 0.3 is 5.97 Å². The first-order valence-electron chi connectivity index (χ1n) is 8.87. The van der Waals surface area contributed by atoms with Gasteiger partial charge in [0.25, 0.3) is 0 Å². The van der Waals surface area contributed by atoms with Crippen LogP contribution in [-0.2, 0) is 10.2 Å². The Hall–Kier alpha value is -2.65. The number of aromatic nitrogens is 2. The largest absolute Gasteiger partial charge is 0.476 e. The Morgan fingerprint density at radius 2 is 1.90 bits per heavy atom. The second kappa shape index (κ2) is 8.00. The van der Waals surface area contributed by atoms with E-state index in [-0.39, 0.29) is 28.5 Å². The number of hydrogen-bond donors (Lipinski definition) is 2. The number of carboxylic acid groups (broad SMARTS) is 1. The highest BCUT2D eigenvalue weighted by molar-refractivity contribution is 7.16. The molecule has 2 N–H and O–H groups in total. The Labute approximate surface area is 175 Å². The molecule has 6 nitrogen and oxygen atoms in total. The van der Waals surface area contributed by atoms with Crippen LogP contribution >= 0.6 is 22.7 Å². The zero-order valence-corrected chi connectivity index (χ0v) is 17.9. The fraction of sp³-hybridized carbons (Fsp3) is 0.300. The van der Waals surface area contributed by atoms with Crippen LogP contribution in [0.5, 0.6) is 0 Å². The molecule has 0 bridgehead atoms. The van der Waals surface area contributed by atoms with Crippen LogP contribution in [-0.4, -0.2) is 27.0 Å². The molecule has 2 heterocycles. The highest BCUT2D eigenvalue weighted by atomic mass is 32.1. The van der Waals surface area contributed by atoms with Crippen LogP contribution in [0.25, 0.3) is 10.6 Å². The summed E-state index contributed by atoms with van der Waals surface area (Å²) < 4.78 is 14.0. The van der Waals surface area contributed by atoms with Crippen LogP contribution in [0.4, 0.5) is 9.52 Å². The van der Waals surface area contributed by atoms with E-state index in [0.29, 0.717) is 21.1 Å². The topological polar surface area (TPSA) is 92.2 Å². The van der Waals surface area contributed by atoms with Crippen LogP contribution < -0.4 is 5.32 Å². The van der Waals surface area contributed by atoms with Gasteiger partial charge < -0.3 is 10.4 Å². The standard InChI is InChI=1S/C20H20FN3O3S2/c1-10(2)15-14(17(25)26)23-19(29-15)24-18(27)20(3,4)13-9-28-16(22-13)11-7-5-6-8-12(11)21/h5-10H,1-4H3,(H,25,26)(H,23,24,27). The number of anilines is 1. The molecule has 2 aromatic heterocycles. The van der Waals surface area contributed by atoms with E-state index in [1.165, 1.54) is 17.4 Å². The van der Waals surface area contributed by atoms with E-state index >= 15 is 0 Å². The summed E-state index contributed by atoms with van der Waals surface area (Å²) >= 11 is 2.41. The molecule has 0 aliphatic rings. The summed E-state index contributed by atoms with van der Waals surface area (Å²) in [6.07, 6.45) is 0. The van der Waals surface area contributed by atoms with E-state index in [2.05, 4.69) is 15.3 Å². The third-order valence-electron chi connectivity index (χ3n) is 4.42. The first kappa shape index (κ1) is 21.1. The summed E-state index contributed by atoms with van der Waals surface area (Å²) in [5, 5.41) is 14.5. The minimum atomic E-state index is -1.13. The van der Waals surface area contributed by atoms with E-state index in [1.54, 1.807) is 37.4 Å². The molecule has 0 saturated heterocycles. The zero-order valence-electron chi connectivity index (χ0n) is 16.3. The number of rotatable bonds is 6. The first-order valence-corrected chi connectivity index (χ1v) is 10.6. The second-order valence-corrected chi connectivity index (χ2v) is 9.18. The monoisotopic (exact) mass is 433 g/mol. The minimum absolute atomic E-state index is 0.0286. The number of carbonyl (C=O) groups excluding carboxylic acids is 1. The number of halogens is 1. The van der Waals surface area contributed by atoms with Crippen molar-refractivity contribution in [2.75, 3.05) is 5.32 Å². The zero-order chi connectivity index (χ0) is 21.3. The quantitative estimate of drug-likeness (QED) is 0.561. The van der Waals surface area contributed by atoms with Crippen LogP contribution in [0.15, 0.2) is 29.6 Å². The smallest absolute Gasteiger partial charge is 0.355 e. The Morgan fingerprint density at radius 1 is 1.21 bits per heavy atom. The van der Waals surface area contributed by atoms with E-state index in [4.69, 9.17) is 0 Å². The average Bonchev–Trinajstić information content (AvgIpc) is 3.29. The molecule has 0 unspecified atom stereocenters. The molecule has 1 amide bonds. The van der Waals surface area contributed by atoms with E-state index in [9.17, 15) is 19.1 Å². The molecule has 9 heteroatoms. The summed E-state index contributed by atoms with van der Waals surface area (Å²) in [7, 11) is 0. The summed E-state index contributed by atoms with van der Waals surface area (Å²) in [5.74, 6) is -1.90. The lowest BCUT2D eigenvalue weighted by Crippen LogP contribution is -2.35.